The molecular weight excluding hydrogens is 196 g/mol. The Labute approximate surface area is 83.7 Å². The van der Waals surface area contributed by atoms with Crippen molar-refractivity contribution in [2.45, 2.75) is 32.6 Å². The summed E-state index contributed by atoms with van der Waals surface area (Å²) in [7, 11) is 0. The minimum absolute atomic E-state index is 0. The van der Waals surface area contributed by atoms with E-state index in [1.165, 1.54) is 6.92 Å². The maximum Gasteiger partial charge on any atom is 0.303 e. The molecular formula is C8H15ClO4. The van der Waals surface area contributed by atoms with Crippen LogP contribution in [0.5, 0.6) is 0 Å². The molecule has 0 saturated heterocycles. The van der Waals surface area contributed by atoms with E-state index in [1.54, 1.807) is 0 Å². The summed E-state index contributed by atoms with van der Waals surface area (Å²) in [6, 6.07) is 0. The van der Waals surface area contributed by atoms with Gasteiger partial charge in [0, 0.05) is 13.3 Å². The van der Waals surface area contributed by atoms with Gasteiger partial charge in [0.05, 0.1) is 6.61 Å². The number of esters is 1. The second-order valence-corrected chi connectivity index (χ2v) is 2.54. The molecule has 0 aliphatic carbocycles. The molecule has 0 aliphatic rings. The van der Waals surface area contributed by atoms with Gasteiger partial charge in [0.2, 0.25) is 0 Å². The third-order valence-corrected chi connectivity index (χ3v) is 1.34. The van der Waals surface area contributed by atoms with Crippen molar-refractivity contribution >= 4 is 24.3 Å². The van der Waals surface area contributed by atoms with Crippen LogP contribution in [0.3, 0.4) is 0 Å². The van der Waals surface area contributed by atoms with Crippen molar-refractivity contribution in [1.29, 1.82) is 0 Å². The SMILES string of the molecule is CC(=O)OCCCCCC(=O)O.Cl. The van der Waals surface area contributed by atoms with Crippen molar-refractivity contribution in [3.8, 4) is 0 Å². The average Bonchev–Trinajstić information content (AvgIpc) is 1.95. The van der Waals surface area contributed by atoms with Gasteiger partial charge in [-0.15, -0.1) is 12.4 Å². The van der Waals surface area contributed by atoms with Crippen LogP contribution in [0, 0.1) is 0 Å². The largest absolute Gasteiger partial charge is 0.481 e. The lowest BCUT2D eigenvalue weighted by molar-refractivity contribution is -0.141. The van der Waals surface area contributed by atoms with Gasteiger partial charge in [-0.2, -0.15) is 0 Å². The Morgan fingerprint density at radius 2 is 1.85 bits per heavy atom. The molecule has 0 aliphatic heterocycles. The number of rotatable bonds is 6. The van der Waals surface area contributed by atoms with Crippen molar-refractivity contribution in [2.24, 2.45) is 0 Å². The van der Waals surface area contributed by atoms with Crippen molar-refractivity contribution < 1.29 is 19.4 Å². The van der Waals surface area contributed by atoms with E-state index in [-0.39, 0.29) is 24.8 Å². The number of ether oxygens (including phenoxy) is 1. The first kappa shape index (κ1) is 14.7. The molecule has 0 aromatic rings. The Bertz CT molecular complexity index is 140. The second kappa shape index (κ2) is 9.32. The zero-order chi connectivity index (χ0) is 9.40. The van der Waals surface area contributed by atoms with Crippen LogP contribution in [0.1, 0.15) is 32.6 Å². The van der Waals surface area contributed by atoms with Crippen molar-refractivity contribution in [3.05, 3.63) is 0 Å². The highest BCUT2D eigenvalue weighted by Gasteiger charge is 1.97. The molecule has 4 nitrogen and oxygen atoms in total. The van der Waals surface area contributed by atoms with Gasteiger partial charge in [0.15, 0.2) is 0 Å². The lowest BCUT2D eigenvalue weighted by Crippen LogP contribution is -2.01. The van der Waals surface area contributed by atoms with Gasteiger partial charge in [0.1, 0.15) is 0 Å². The maximum atomic E-state index is 10.3. The first-order valence-corrected chi connectivity index (χ1v) is 3.98. The molecule has 0 heterocycles. The van der Waals surface area contributed by atoms with Gasteiger partial charge < -0.3 is 9.84 Å². The normalized spacial score (nSPS) is 8.69. The smallest absolute Gasteiger partial charge is 0.303 e. The molecule has 0 bridgehead atoms. The maximum absolute atomic E-state index is 10.3. The highest BCUT2D eigenvalue weighted by molar-refractivity contribution is 5.85. The Morgan fingerprint density at radius 1 is 1.23 bits per heavy atom. The molecule has 13 heavy (non-hydrogen) atoms. The molecule has 0 atom stereocenters. The number of unbranched alkanes of at least 4 members (excludes halogenated alkanes) is 2. The summed E-state index contributed by atoms with van der Waals surface area (Å²) in [5.74, 6) is -1.06. The highest BCUT2D eigenvalue weighted by Crippen LogP contribution is 1.99. The molecule has 0 amide bonds. The van der Waals surface area contributed by atoms with Crippen molar-refractivity contribution in [1.82, 2.24) is 0 Å². The summed E-state index contributed by atoms with van der Waals surface area (Å²) in [6.07, 6.45) is 2.38. The van der Waals surface area contributed by atoms with E-state index in [4.69, 9.17) is 5.11 Å². The lowest BCUT2D eigenvalue weighted by atomic mass is 10.2. The molecule has 5 heteroatoms. The Hall–Kier alpha value is -0.770. The zero-order valence-corrected chi connectivity index (χ0v) is 8.43. The van der Waals surface area contributed by atoms with Gasteiger partial charge in [0.25, 0.3) is 0 Å². The predicted molar refractivity (Wildman–Crippen MR) is 50.0 cm³/mol. The molecule has 78 valence electrons. The van der Waals surface area contributed by atoms with E-state index in [9.17, 15) is 9.59 Å². The molecule has 0 aromatic carbocycles. The Balaban J connectivity index is 0. The van der Waals surface area contributed by atoms with Crippen LogP contribution in [-0.2, 0) is 14.3 Å². The molecule has 0 spiro atoms. The topological polar surface area (TPSA) is 63.6 Å². The van der Waals surface area contributed by atoms with Crippen LogP contribution < -0.4 is 0 Å². The van der Waals surface area contributed by atoms with Gasteiger partial charge in [-0.25, -0.2) is 0 Å². The second-order valence-electron chi connectivity index (χ2n) is 2.54. The third kappa shape index (κ3) is 14.1. The zero-order valence-electron chi connectivity index (χ0n) is 7.62. The molecule has 0 radical (unpaired) electrons. The van der Waals surface area contributed by atoms with E-state index in [1.807, 2.05) is 0 Å². The van der Waals surface area contributed by atoms with Crippen LogP contribution in [0.4, 0.5) is 0 Å². The first-order chi connectivity index (χ1) is 5.63. The lowest BCUT2D eigenvalue weighted by Gasteiger charge is -1.99. The monoisotopic (exact) mass is 210 g/mol. The molecule has 0 saturated carbocycles. The van der Waals surface area contributed by atoms with Gasteiger partial charge >= 0.3 is 11.9 Å². The van der Waals surface area contributed by atoms with E-state index in [2.05, 4.69) is 4.74 Å². The van der Waals surface area contributed by atoms with E-state index >= 15 is 0 Å². The molecule has 0 fully saturated rings. The Kier molecular flexibility index (Phi) is 10.6. The summed E-state index contributed by atoms with van der Waals surface area (Å²) in [6.45, 7) is 1.76. The standard InChI is InChI=1S/C8H14O4.ClH/c1-7(9)12-6-4-2-3-5-8(10)11;/h2-6H2,1H3,(H,10,11);1H. The fourth-order valence-corrected chi connectivity index (χ4v) is 0.771. The number of halogens is 1. The predicted octanol–water partition coefficient (Wildman–Crippen LogP) is 1.62. The fourth-order valence-electron chi connectivity index (χ4n) is 0.771. The molecule has 0 aromatic heterocycles. The first-order valence-electron chi connectivity index (χ1n) is 3.98. The molecule has 0 rings (SSSR count). The molecule has 1 N–H and O–H groups in total. The minimum Gasteiger partial charge on any atom is -0.481 e. The quantitative estimate of drug-likeness (QED) is 0.535. The summed E-state index contributed by atoms with van der Waals surface area (Å²) in [5, 5.41) is 8.27. The number of hydrogen-bond acceptors (Lipinski definition) is 3. The number of carboxylic acid groups (broad SMARTS) is 1. The Morgan fingerprint density at radius 3 is 2.31 bits per heavy atom. The van der Waals surface area contributed by atoms with Gasteiger partial charge in [-0.1, -0.05) is 0 Å². The number of carbonyl (C=O) groups is 2. The summed E-state index contributed by atoms with van der Waals surface area (Å²) >= 11 is 0. The highest BCUT2D eigenvalue weighted by atomic mass is 35.5. The number of aliphatic carboxylic acids is 1. The van der Waals surface area contributed by atoms with Crippen LogP contribution in [0.15, 0.2) is 0 Å². The summed E-state index contributed by atoms with van der Waals surface area (Å²) < 4.78 is 4.66. The average molecular weight is 211 g/mol. The van der Waals surface area contributed by atoms with E-state index in [0.29, 0.717) is 13.0 Å². The van der Waals surface area contributed by atoms with Gasteiger partial charge in [-0.3, -0.25) is 9.59 Å². The van der Waals surface area contributed by atoms with Gasteiger partial charge in [-0.05, 0) is 19.3 Å². The number of carbonyl (C=O) groups excluding carboxylic acids is 1. The fraction of sp³-hybridized carbons (Fsp3) is 0.750. The summed E-state index contributed by atoms with van der Waals surface area (Å²) in [4.78, 5) is 20.3. The van der Waals surface area contributed by atoms with Crippen molar-refractivity contribution in [2.75, 3.05) is 6.61 Å². The van der Waals surface area contributed by atoms with E-state index in [0.717, 1.165) is 12.8 Å². The van der Waals surface area contributed by atoms with Crippen molar-refractivity contribution in [3.63, 3.8) is 0 Å². The number of hydrogen-bond donors (Lipinski definition) is 1. The van der Waals surface area contributed by atoms with Crippen LogP contribution in [-0.4, -0.2) is 23.7 Å². The van der Waals surface area contributed by atoms with E-state index < -0.39 is 5.97 Å². The summed E-state index contributed by atoms with van der Waals surface area (Å²) in [5.41, 5.74) is 0. The van der Waals surface area contributed by atoms with Crippen LogP contribution in [0.2, 0.25) is 0 Å². The molecule has 0 unspecified atom stereocenters. The van der Waals surface area contributed by atoms with Crippen LogP contribution >= 0.6 is 12.4 Å². The minimum atomic E-state index is -0.775. The number of carboxylic acids is 1. The van der Waals surface area contributed by atoms with Crippen LogP contribution in [0.25, 0.3) is 0 Å². The third-order valence-electron chi connectivity index (χ3n) is 1.34.